The van der Waals surface area contributed by atoms with E-state index >= 15 is 0 Å². The van der Waals surface area contributed by atoms with Crippen LogP contribution in [0.2, 0.25) is 0 Å². The summed E-state index contributed by atoms with van der Waals surface area (Å²) in [5, 5.41) is 10.3. The third-order valence-corrected chi connectivity index (χ3v) is 7.02. The second-order valence-electron chi connectivity index (χ2n) is 8.33. The Morgan fingerprint density at radius 3 is 2.41 bits per heavy atom. The van der Waals surface area contributed by atoms with Crippen LogP contribution in [0, 0.1) is 5.92 Å². The minimum atomic E-state index is -0.529. The van der Waals surface area contributed by atoms with Gasteiger partial charge in [0.1, 0.15) is 5.75 Å². The molecule has 0 radical (unpaired) electrons. The molecule has 1 unspecified atom stereocenters. The largest absolute Gasteiger partial charge is 0.493 e. The van der Waals surface area contributed by atoms with Gasteiger partial charge in [-0.25, -0.2) is 0 Å². The molecule has 2 heterocycles. The van der Waals surface area contributed by atoms with Gasteiger partial charge in [0.25, 0.3) is 0 Å². The van der Waals surface area contributed by atoms with Gasteiger partial charge in [-0.15, -0.1) is 0 Å². The molecule has 0 spiro atoms. The molecular weight excluding hydrogens is 380 g/mol. The van der Waals surface area contributed by atoms with Crippen LogP contribution in [0.25, 0.3) is 0 Å². The highest BCUT2D eigenvalue weighted by molar-refractivity contribution is 7.96. The molecule has 0 aliphatic carbocycles. The maximum Gasteiger partial charge on any atom is 0.125 e. The maximum atomic E-state index is 10.3. The van der Waals surface area contributed by atoms with Gasteiger partial charge < -0.3 is 9.84 Å². The molecule has 0 bridgehead atoms. The molecule has 0 saturated carbocycles. The van der Waals surface area contributed by atoms with Crippen molar-refractivity contribution in [1.82, 2.24) is 9.21 Å². The minimum Gasteiger partial charge on any atom is -0.493 e. The number of nitrogens with zero attached hydrogens (tertiary/aromatic N) is 2. The topological polar surface area (TPSA) is 35.9 Å². The lowest BCUT2D eigenvalue weighted by molar-refractivity contribution is 0.171. The molecule has 1 fully saturated rings. The summed E-state index contributed by atoms with van der Waals surface area (Å²) >= 11 is 1.83. The van der Waals surface area contributed by atoms with Crippen LogP contribution in [0.4, 0.5) is 0 Å². The number of fused-ring (bicyclic) bond motifs is 1. The third kappa shape index (κ3) is 5.15. The van der Waals surface area contributed by atoms with E-state index in [0.29, 0.717) is 5.92 Å². The van der Waals surface area contributed by atoms with Gasteiger partial charge in [-0.1, -0.05) is 42.3 Å². The molecule has 29 heavy (non-hydrogen) atoms. The monoisotopic (exact) mass is 412 g/mol. The van der Waals surface area contributed by atoms with E-state index in [1.165, 1.54) is 29.5 Å². The Kier molecular flexibility index (Phi) is 6.81. The average molecular weight is 413 g/mol. The van der Waals surface area contributed by atoms with Gasteiger partial charge in [0.2, 0.25) is 0 Å². The van der Waals surface area contributed by atoms with E-state index < -0.39 is 6.10 Å². The van der Waals surface area contributed by atoms with Crippen molar-refractivity contribution in [1.29, 1.82) is 0 Å². The second kappa shape index (κ2) is 9.52. The number of hydrogen-bond acceptors (Lipinski definition) is 5. The summed E-state index contributed by atoms with van der Waals surface area (Å²) in [7, 11) is 0. The molecule has 1 N–H and O–H groups in total. The highest BCUT2D eigenvalue weighted by Crippen LogP contribution is 2.30. The summed E-state index contributed by atoms with van der Waals surface area (Å²) < 4.78 is 8.60. The van der Waals surface area contributed by atoms with Crippen LogP contribution in [0.5, 0.6) is 5.75 Å². The fourth-order valence-corrected chi connectivity index (χ4v) is 4.97. The average Bonchev–Trinajstić information content (AvgIpc) is 3.15. The number of aliphatic hydroxyl groups excluding tert-OH is 1. The molecule has 0 amide bonds. The Morgan fingerprint density at radius 1 is 1.10 bits per heavy atom. The first-order valence-electron chi connectivity index (χ1n) is 10.6. The molecule has 1 saturated heterocycles. The van der Waals surface area contributed by atoms with Crippen LogP contribution in [-0.4, -0.2) is 40.3 Å². The van der Waals surface area contributed by atoms with Gasteiger partial charge >= 0.3 is 0 Å². The molecule has 2 aliphatic heterocycles. The summed E-state index contributed by atoms with van der Waals surface area (Å²) in [5.41, 5.74) is 4.99. The van der Waals surface area contributed by atoms with E-state index in [4.69, 9.17) is 4.74 Å². The Labute approximate surface area is 179 Å². The fraction of sp³-hybridized carbons (Fsp3) is 0.500. The van der Waals surface area contributed by atoms with Gasteiger partial charge in [0.05, 0.1) is 12.7 Å². The number of piperidine rings is 1. The zero-order chi connectivity index (χ0) is 20.2. The van der Waals surface area contributed by atoms with Crippen molar-refractivity contribution in [2.75, 3.05) is 26.0 Å². The fourth-order valence-electron chi connectivity index (χ4n) is 4.39. The van der Waals surface area contributed by atoms with Crippen LogP contribution >= 0.6 is 11.9 Å². The van der Waals surface area contributed by atoms with Gasteiger partial charge in [-0.2, -0.15) is 0 Å². The predicted molar refractivity (Wildman–Crippen MR) is 120 cm³/mol. The van der Waals surface area contributed by atoms with Crippen molar-refractivity contribution in [3.05, 3.63) is 64.7 Å². The van der Waals surface area contributed by atoms with Crippen molar-refractivity contribution < 1.29 is 9.84 Å². The number of rotatable bonds is 7. The zero-order valence-electron chi connectivity index (χ0n) is 17.5. The van der Waals surface area contributed by atoms with Crippen LogP contribution < -0.4 is 4.74 Å². The quantitative estimate of drug-likeness (QED) is 0.671. The number of hydrogen-bond donors (Lipinski definition) is 1. The smallest absolute Gasteiger partial charge is 0.125 e. The van der Waals surface area contributed by atoms with Crippen molar-refractivity contribution in [3.63, 3.8) is 0 Å². The van der Waals surface area contributed by atoms with Crippen molar-refractivity contribution >= 4 is 11.9 Å². The van der Waals surface area contributed by atoms with E-state index in [0.717, 1.165) is 50.6 Å². The van der Waals surface area contributed by atoms with E-state index in [1.807, 2.05) is 18.9 Å². The number of aliphatic hydroxyl groups is 1. The molecule has 2 aliphatic rings. The first kappa shape index (κ1) is 20.7. The van der Waals surface area contributed by atoms with E-state index in [-0.39, 0.29) is 0 Å². The van der Waals surface area contributed by atoms with Crippen LogP contribution in [0.1, 0.15) is 48.1 Å². The molecule has 156 valence electrons. The lowest BCUT2D eigenvalue weighted by Crippen LogP contribution is -2.31. The van der Waals surface area contributed by atoms with Crippen LogP contribution in [0.3, 0.4) is 0 Å². The normalized spacial score (nSPS) is 19.3. The summed E-state index contributed by atoms with van der Waals surface area (Å²) in [5.74, 6) is 1.43. The van der Waals surface area contributed by atoms with Gasteiger partial charge in [0.15, 0.2) is 0 Å². The molecular formula is C24H32N2O2S. The van der Waals surface area contributed by atoms with Gasteiger partial charge in [0, 0.05) is 38.3 Å². The third-order valence-electron chi connectivity index (χ3n) is 6.14. The summed E-state index contributed by atoms with van der Waals surface area (Å²) in [4.78, 5) is 2.45. The second-order valence-corrected chi connectivity index (χ2v) is 9.21. The van der Waals surface area contributed by atoms with Crippen LogP contribution in [-0.2, 0) is 19.6 Å². The summed E-state index contributed by atoms with van der Waals surface area (Å²) in [6, 6.07) is 15.0. The van der Waals surface area contributed by atoms with E-state index in [1.54, 1.807) is 0 Å². The zero-order valence-corrected chi connectivity index (χ0v) is 18.3. The van der Waals surface area contributed by atoms with E-state index in [2.05, 4.69) is 57.9 Å². The van der Waals surface area contributed by atoms with Crippen molar-refractivity contribution in [2.24, 2.45) is 5.92 Å². The Balaban J connectivity index is 1.37. The minimum absolute atomic E-state index is 0.529. The first-order chi connectivity index (χ1) is 14.1. The van der Waals surface area contributed by atoms with Crippen LogP contribution in [0.15, 0.2) is 42.5 Å². The predicted octanol–water partition coefficient (Wildman–Crippen LogP) is 4.62. The molecule has 2 aromatic carbocycles. The first-order valence-corrected chi connectivity index (χ1v) is 11.8. The highest BCUT2D eigenvalue weighted by atomic mass is 32.2. The lowest BCUT2D eigenvalue weighted by Gasteiger charge is -2.30. The van der Waals surface area contributed by atoms with Crippen molar-refractivity contribution in [2.45, 2.75) is 45.5 Å². The molecule has 0 aromatic heterocycles. The summed E-state index contributed by atoms with van der Waals surface area (Å²) in [6.45, 7) is 7.71. The molecule has 2 aromatic rings. The van der Waals surface area contributed by atoms with Gasteiger partial charge in [-0.3, -0.25) is 9.21 Å². The lowest BCUT2D eigenvalue weighted by atomic mass is 9.99. The molecule has 1 atom stereocenters. The number of benzene rings is 2. The molecule has 4 rings (SSSR count). The Morgan fingerprint density at radius 2 is 1.79 bits per heavy atom. The Bertz CT molecular complexity index is 793. The van der Waals surface area contributed by atoms with E-state index in [9.17, 15) is 5.11 Å². The highest BCUT2D eigenvalue weighted by Gasteiger charge is 2.21. The van der Waals surface area contributed by atoms with Gasteiger partial charge in [-0.05, 0) is 60.8 Å². The molecule has 5 heteroatoms. The van der Waals surface area contributed by atoms with Crippen molar-refractivity contribution in [3.8, 4) is 5.75 Å². The SMILES string of the molecule is CSN1CCC(COc2ccc(CN3Cc4ccccc4C3)cc2C(C)O)CC1. The maximum absolute atomic E-state index is 10.3. The summed E-state index contributed by atoms with van der Waals surface area (Å²) in [6.07, 6.45) is 3.98. The number of ether oxygens (including phenoxy) is 1. The molecule has 4 nitrogen and oxygen atoms in total. The standard InChI is InChI=1S/C24H32N2O2S/c1-18(27)23-13-20(14-25-15-21-5-3-4-6-22(21)16-25)7-8-24(23)28-17-19-9-11-26(29-2)12-10-19/h3-8,13,18-19,27H,9-12,14-17H2,1-2H3. The Hall–Kier alpha value is -1.53.